The highest BCUT2D eigenvalue weighted by Crippen LogP contribution is 2.34. The van der Waals surface area contributed by atoms with Gasteiger partial charge in [0.2, 0.25) is 5.91 Å². The van der Waals surface area contributed by atoms with Gasteiger partial charge >= 0.3 is 6.03 Å². The van der Waals surface area contributed by atoms with Crippen molar-refractivity contribution in [1.29, 1.82) is 0 Å². The summed E-state index contributed by atoms with van der Waals surface area (Å²) in [6.07, 6.45) is 9.64. The molecular weight excluding hydrogens is 318 g/mol. The largest absolute Gasteiger partial charge is 0.339 e. The first kappa shape index (κ1) is 18.2. The Morgan fingerprint density at radius 2 is 1.84 bits per heavy atom. The van der Waals surface area contributed by atoms with Crippen LogP contribution in [0.4, 0.5) is 4.79 Å². The van der Waals surface area contributed by atoms with Crippen LogP contribution in [0.3, 0.4) is 0 Å². The fraction of sp³-hybridized carbons (Fsp3) is 0.842. The number of nitrogens with zero attached hydrogens (tertiary/aromatic N) is 2. The van der Waals surface area contributed by atoms with Crippen LogP contribution in [0.15, 0.2) is 0 Å². The summed E-state index contributed by atoms with van der Waals surface area (Å²) in [6.45, 7) is 4.60. The Labute approximate surface area is 150 Å². The first-order valence-electron chi connectivity index (χ1n) is 9.84. The number of urea groups is 1. The lowest BCUT2D eigenvalue weighted by Gasteiger charge is -2.34. The van der Waals surface area contributed by atoms with E-state index in [0.29, 0.717) is 31.3 Å². The van der Waals surface area contributed by atoms with Crippen LogP contribution >= 0.6 is 0 Å². The van der Waals surface area contributed by atoms with E-state index in [2.05, 4.69) is 10.2 Å². The van der Waals surface area contributed by atoms with Gasteiger partial charge in [-0.2, -0.15) is 0 Å². The van der Waals surface area contributed by atoms with Gasteiger partial charge in [0.25, 0.3) is 5.91 Å². The fourth-order valence-corrected chi connectivity index (χ4v) is 4.66. The summed E-state index contributed by atoms with van der Waals surface area (Å²) in [7, 11) is 0. The number of carbonyl (C=O) groups is 3. The van der Waals surface area contributed by atoms with Crippen molar-refractivity contribution in [2.24, 2.45) is 5.92 Å². The number of imide groups is 1. The molecule has 0 aromatic rings. The molecule has 0 spiro atoms. The van der Waals surface area contributed by atoms with E-state index in [1.54, 1.807) is 13.8 Å². The number of rotatable bonds is 5. The van der Waals surface area contributed by atoms with Crippen LogP contribution in [0.5, 0.6) is 0 Å². The predicted molar refractivity (Wildman–Crippen MR) is 94.9 cm³/mol. The third-order valence-electron chi connectivity index (χ3n) is 6.03. The monoisotopic (exact) mass is 349 g/mol. The standard InChI is InChI=1S/C19H31N3O3/c1-19(2)17(24)22(18(25)20-19)13-7-11-16(23)21-12-6-10-15(21)14-8-4-3-5-9-14/h14-15H,3-13H2,1-2H3,(H,20,25). The van der Waals surface area contributed by atoms with E-state index in [9.17, 15) is 14.4 Å². The molecule has 3 rings (SSSR count). The molecule has 3 aliphatic rings. The zero-order chi connectivity index (χ0) is 18.0. The summed E-state index contributed by atoms with van der Waals surface area (Å²) in [5.74, 6) is 0.664. The predicted octanol–water partition coefficient (Wildman–Crippen LogP) is 2.67. The normalized spacial score (nSPS) is 27.0. The lowest BCUT2D eigenvalue weighted by Crippen LogP contribution is -2.41. The molecule has 3 fully saturated rings. The van der Waals surface area contributed by atoms with Gasteiger partial charge in [-0.1, -0.05) is 19.3 Å². The summed E-state index contributed by atoms with van der Waals surface area (Å²) in [5.41, 5.74) is -0.831. The number of likely N-dealkylation sites (tertiary alicyclic amines) is 1. The molecule has 1 N–H and O–H groups in total. The van der Waals surface area contributed by atoms with Gasteiger partial charge in [0.05, 0.1) is 0 Å². The zero-order valence-corrected chi connectivity index (χ0v) is 15.6. The minimum absolute atomic E-state index is 0.194. The van der Waals surface area contributed by atoms with E-state index in [4.69, 9.17) is 0 Å². The van der Waals surface area contributed by atoms with Gasteiger partial charge in [-0.25, -0.2) is 4.79 Å². The van der Waals surface area contributed by atoms with E-state index in [1.807, 2.05) is 0 Å². The summed E-state index contributed by atoms with van der Waals surface area (Å²) >= 11 is 0. The topological polar surface area (TPSA) is 69.7 Å². The number of nitrogens with one attached hydrogen (secondary N) is 1. The van der Waals surface area contributed by atoms with Crippen molar-refractivity contribution < 1.29 is 14.4 Å². The second-order valence-electron chi connectivity index (χ2n) is 8.31. The molecular formula is C19H31N3O3. The second kappa shape index (κ2) is 7.34. The summed E-state index contributed by atoms with van der Waals surface area (Å²) in [4.78, 5) is 40.1. The molecule has 2 saturated heterocycles. The van der Waals surface area contributed by atoms with Crippen molar-refractivity contribution in [1.82, 2.24) is 15.1 Å². The lowest BCUT2D eigenvalue weighted by molar-refractivity contribution is -0.134. The molecule has 4 amide bonds. The van der Waals surface area contributed by atoms with Crippen LogP contribution in [-0.4, -0.2) is 52.3 Å². The number of carbonyl (C=O) groups excluding carboxylic acids is 3. The van der Waals surface area contributed by atoms with Gasteiger partial charge in [-0.3, -0.25) is 14.5 Å². The molecule has 1 aliphatic carbocycles. The third-order valence-corrected chi connectivity index (χ3v) is 6.03. The van der Waals surface area contributed by atoms with Crippen LogP contribution in [0.25, 0.3) is 0 Å². The maximum atomic E-state index is 12.7. The van der Waals surface area contributed by atoms with E-state index >= 15 is 0 Å². The highest BCUT2D eigenvalue weighted by Gasteiger charge is 2.44. The second-order valence-corrected chi connectivity index (χ2v) is 8.31. The van der Waals surface area contributed by atoms with Gasteiger partial charge in [0.1, 0.15) is 5.54 Å². The SMILES string of the molecule is CC1(C)NC(=O)N(CCCC(=O)N2CCCC2C2CCCCC2)C1=O. The molecule has 6 heteroatoms. The average molecular weight is 349 g/mol. The summed E-state index contributed by atoms with van der Waals surface area (Å²) in [6, 6.07) is 0.0761. The summed E-state index contributed by atoms with van der Waals surface area (Å²) < 4.78 is 0. The molecule has 6 nitrogen and oxygen atoms in total. The van der Waals surface area contributed by atoms with Crippen LogP contribution in [0.1, 0.15) is 71.6 Å². The molecule has 1 atom stereocenters. The first-order chi connectivity index (χ1) is 11.9. The van der Waals surface area contributed by atoms with Gasteiger partial charge in [0, 0.05) is 25.6 Å². The minimum Gasteiger partial charge on any atom is -0.339 e. The van der Waals surface area contributed by atoms with E-state index in [1.165, 1.54) is 37.0 Å². The Morgan fingerprint density at radius 1 is 1.12 bits per heavy atom. The Morgan fingerprint density at radius 3 is 2.48 bits per heavy atom. The van der Waals surface area contributed by atoms with Crippen molar-refractivity contribution in [3.05, 3.63) is 0 Å². The van der Waals surface area contributed by atoms with Crippen LogP contribution in [0, 0.1) is 5.92 Å². The molecule has 1 saturated carbocycles. The smallest absolute Gasteiger partial charge is 0.325 e. The molecule has 0 bridgehead atoms. The van der Waals surface area contributed by atoms with Crippen molar-refractivity contribution in [3.63, 3.8) is 0 Å². The highest BCUT2D eigenvalue weighted by molar-refractivity contribution is 6.06. The van der Waals surface area contributed by atoms with Crippen molar-refractivity contribution in [3.8, 4) is 0 Å². The maximum absolute atomic E-state index is 12.7. The highest BCUT2D eigenvalue weighted by atomic mass is 16.2. The maximum Gasteiger partial charge on any atom is 0.325 e. The molecule has 2 heterocycles. The average Bonchev–Trinajstić information content (AvgIpc) is 3.14. The quantitative estimate of drug-likeness (QED) is 0.776. The van der Waals surface area contributed by atoms with Gasteiger partial charge in [0.15, 0.2) is 0 Å². The minimum atomic E-state index is -0.831. The molecule has 0 aromatic heterocycles. The van der Waals surface area contributed by atoms with Gasteiger partial charge in [-0.05, 0) is 51.9 Å². The van der Waals surface area contributed by atoms with Crippen LogP contribution in [-0.2, 0) is 9.59 Å². The number of amides is 4. The lowest BCUT2D eigenvalue weighted by atomic mass is 9.83. The van der Waals surface area contributed by atoms with E-state index < -0.39 is 5.54 Å². The van der Waals surface area contributed by atoms with E-state index in [-0.39, 0.29) is 17.8 Å². The Kier molecular flexibility index (Phi) is 5.35. The third kappa shape index (κ3) is 3.82. The van der Waals surface area contributed by atoms with E-state index in [0.717, 1.165) is 19.4 Å². The van der Waals surface area contributed by atoms with Crippen molar-refractivity contribution in [2.75, 3.05) is 13.1 Å². The van der Waals surface area contributed by atoms with Gasteiger partial charge < -0.3 is 10.2 Å². The van der Waals surface area contributed by atoms with Gasteiger partial charge in [-0.15, -0.1) is 0 Å². The molecule has 140 valence electrons. The Balaban J connectivity index is 1.49. The first-order valence-corrected chi connectivity index (χ1v) is 9.84. The van der Waals surface area contributed by atoms with Crippen molar-refractivity contribution in [2.45, 2.75) is 83.2 Å². The zero-order valence-electron chi connectivity index (χ0n) is 15.6. The van der Waals surface area contributed by atoms with Crippen molar-refractivity contribution >= 4 is 17.8 Å². The molecule has 0 aromatic carbocycles. The Bertz CT molecular complexity index is 540. The molecule has 25 heavy (non-hydrogen) atoms. The fourth-order valence-electron chi connectivity index (χ4n) is 4.66. The molecule has 2 aliphatic heterocycles. The summed E-state index contributed by atoms with van der Waals surface area (Å²) in [5, 5.41) is 2.68. The van der Waals surface area contributed by atoms with Crippen LogP contribution in [0.2, 0.25) is 0 Å². The molecule has 0 radical (unpaired) electrons. The van der Waals surface area contributed by atoms with Crippen LogP contribution < -0.4 is 5.32 Å². The Hall–Kier alpha value is -1.59. The number of hydrogen-bond donors (Lipinski definition) is 1. The number of hydrogen-bond acceptors (Lipinski definition) is 3. The molecule has 1 unspecified atom stereocenters.